The fourth-order valence-electron chi connectivity index (χ4n) is 3.57. The van der Waals surface area contributed by atoms with Crippen LogP contribution in [0.5, 0.6) is 0 Å². The molecule has 0 radical (unpaired) electrons. The van der Waals surface area contributed by atoms with E-state index in [-0.39, 0.29) is 0 Å². The van der Waals surface area contributed by atoms with Crippen LogP contribution in [0.25, 0.3) is 33.8 Å². The van der Waals surface area contributed by atoms with Crippen molar-refractivity contribution in [1.82, 2.24) is 20.1 Å². The van der Waals surface area contributed by atoms with Crippen LogP contribution in [-0.2, 0) is 13.5 Å². The molecule has 2 aromatic heterocycles. The number of nitrogens with zero attached hydrogens (tertiary/aromatic N) is 4. The zero-order valence-corrected chi connectivity index (χ0v) is 15.2. The second-order valence-corrected chi connectivity index (χ2v) is 6.30. The summed E-state index contributed by atoms with van der Waals surface area (Å²) in [5.41, 5.74) is 6.67. The first-order chi connectivity index (χ1) is 13.2. The summed E-state index contributed by atoms with van der Waals surface area (Å²) in [4.78, 5) is 0. The van der Waals surface area contributed by atoms with Crippen molar-refractivity contribution in [1.29, 1.82) is 5.26 Å². The Hall–Kier alpha value is -3.72. The van der Waals surface area contributed by atoms with Gasteiger partial charge >= 0.3 is 5.82 Å². The van der Waals surface area contributed by atoms with Gasteiger partial charge in [0.1, 0.15) is 16.9 Å². The lowest BCUT2D eigenvalue weighted by molar-refractivity contribution is -0.444. The molecule has 0 bridgehead atoms. The number of aromatic amines is 2. The van der Waals surface area contributed by atoms with Gasteiger partial charge in [0, 0.05) is 18.3 Å². The van der Waals surface area contributed by atoms with Gasteiger partial charge in [-0.25, -0.2) is 0 Å². The third-order valence-electron chi connectivity index (χ3n) is 4.84. The van der Waals surface area contributed by atoms with Gasteiger partial charge in [-0.3, -0.25) is 0 Å². The van der Waals surface area contributed by atoms with E-state index in [1.54, 1.807) is 0 Å². The number of H-pyrrole nitrogens is 2. The molecule has 0 fully saturated rings. The van der Waals surface area contributed by atoms with Crippen molar-refractivity contribution < 1.29 is 5.10 Å². The van der Waals surface area contributed by atoms with Crippen LogP contribution in [0.2, 0.25) is 0 Å². The van der Waals surface area contributed by atoms with Crippen molar-refractivity contribution in [2.75, 3.05) is 0 Å². The number of rotatable bonds is 4. The molecule has 6 nitrogen and oxygen atoms in total. The number of nitriles is 1. The minimum atomic E-state index is 0.607. The lowest BCUT2D eigenvalue weighted by Crippen LogP contribution is -2.09. The van der Waals surface area contributed by atoms with Gasteiger partial charge in [0.2, 0.25) is 0 Å². The lowest BCUT2D eigenvalue weighted by Gasteiger charge is -2.06. The van der Waals surface area contributed by atoms with Crippen molar-refractivity contribution in [3.63, 3.8) is 0 Å². The Morgan fingerprint density at radius 3 is 2.30 bits per heavy atom. The Kier molecular flexibility index (Phi) is 4.27. The van der Waals surface area contributed by atoms with Gasteiger partial charge in [0.25, 0.3) is 0 Å². The van der Waals surface area contributed by atoms with Crippen LogP contribution >= 0.6 is 0 Å². The third-order valence-corrected chi connectivity index (χ3v) is 4.84. The quantitative estimate of drug-likeness (QED) is 0.609. The molecule has 0 saturated heterocycles. The van der Waals surface area contributed by atoms with Crippen molar-refractivity contribution in [3.8, 4) is 39.8 Å². The summed E-state index contributed by atoms with van der Waals surface area (Å²) in [6.07, 6.45) is 0.756. The lowest BCUT2D eigenvalue weighted by atomic mass is 9.97. The highest BCUT2D eigenvalue weighted by Gasteiger charge is 2.27. The van der Waals surface area contributed by atoms with E-state index < -0.39 is 0 Å². The first-order valence-corrected chi connectivity index (χ1v) is 8.81. The zero-order valence-electron chi connectivity index (χ0n) is 15.2. The van der Waals surface area contributed by atoms with Crippen LogP contribution in [0.1, 0.15) is 18.2 Å². The smallest absolute Gasteiger partial charge is 0.341 e. The molecular formula is C21H19N6+. The second kappa shape index (κ2) is 6.89. The molecule has 4 aromatic rings. The first kappa shape index (κ1) is 16.7. The normalized spacial score (nSPS) is 10.7. The van der Waals surface area contributed by atoms with Gasteiger partial charge in [-0.15, -0.1) is 0 Å². The van der Waals surface area contributed by atoms with Gasteiger partial charge in [0.15, 0.2) is 5.21 Å². The molecule has 0 atom stereocenters. The van der Waals surface area contributed by atoms with E-state index in [2.05, 4.69) is 70.0 Å². The fourth-order valence-corrected chi connectivity index (χ4v) is 3.57. The summed E-state index contributed by atoms with van der Waals surface area (Å²) in [5, 5.41) is 23.4. The third kappa shape index (κ3) is 2.79. The summed E-state index contributed by atoms with van der Waals surface area (Å²) in [7, 11) is 1.96. The van der Waals surface area contributed by atoms with Crippen molar-refractivity contribution >= 4 is 0 Å². The van der Waals surface area contributed by atoms with E-state index >= 15 is 0 Å². The number of benzene rings is 2. The molecule has 0 saturated carbocycles. The number of tetrazole rings is 1. The van der Waals surface area contributed by atoms with Crippen LogP contribution in [0, 0.1) is 11.3 Å². The minimum Gasteiger partial charge on any atom is -0.341 e. The van der Waals surface area contributed by atoms with Gasteiger partial charge in [-0.1, -0.05) is 66.7 Å². The minimum absolute atomic E-state index is 0.607. The topological polar surface area (TPSA) is 84.4 Å². The molecule has 4 rings (SSSR count). The van der Waals surface area contributed by atoms with Gasteiger partial charge in [-0.2, -0.15) is 10.4 Å². The molecule has 0 spiro atoms. The maximum Gasteiger partial charge on any atom is 0.346 e. The van der Waals surface area contributed by atoms with Crippen LogP contribution in [-0.4, -0.2) is 20.1 Å². The Morgan fingerprint density at radius 2 is 1.70 bits per heavy atom. The number of hydrogen-bond acceptors (Lipinski definition) is 3. The van der Waals surface area contributed by atoms with E-state index in [9.17, 15) is 5.26 Å². The molecule has 0 aliphatic rings. The molecule has 0 unspecified atom stereocenters. The van der Waals surface area contributed by atoms with E-state index in [0.29, 0.717) is 11.4 Å². The molecular weight excluding hydrogens is 336 g/mol. The van der Waals surface area contributed by atoms with Crippen LogP contribution in [0.4, 0.5) is 0 Å². The zero-order chi connectivity index (χ0) is 18.8. The maximum absolute atomic E-state index is 9.84. The van der Waals surface area contributed by atoms with Crippen LogP contribution < -0.4 is 5.10 Å². The van der Waals surface area contributed by atoms with E-state index in [1.807, 2.05) is 29.8 Å². The summed E-state index contributed by atoms with van der Waals surface area (Å²) in [6.45, 7) is 2.05. The molecule has 27 heavy (non-hydrogen) atoms. The Balaban J connectivity index is 1.90. The highest BCUT2D eigenvalue weighted by atomic mass is 15.5. The standard InChI is InChI=1S/C21H18N6/c1-3-18-17(13-22)19(20(27(18)2)21-23-25-26-24-21)16-11-9-15(10-12-16)14-7-5-4-6-8-14/h4-12H,3H2,1-2H3,(H,23,24,25,26)/p+1. The number of aromatic nitrogens is 5. The molecule has 132 valence electrons. The molecule has 2 N–H and O–H groups in total. The molecule has 0 aliphatic carbocycles. The van der Waals surface area contributed by atoms with Gasteiger partial charge in [-0.05, 0) is 23.1 Å². The van der Waals surface area contributed by atoms with E-state index in [4.69, 9.17) is 0 Å². The molecule has 2 aromatic carbocycles. The van der Waals surface area contributed by atoms with E-state index in [1.165, 1.54) is 0 Å². The Morgan fingerprint density at radius 1 is 1.04 bits per heavy atom. The van der Waals surface area contributed by atoms with Crippen molar-refractivity contribution in [2.45, 2.75) is 13.3 Å². The summed E-state index contributed by atoms with van der Waals surface area (Å²) in [5.74, 6) is 0.607. The highest BCUT2D eigenvalue weighted by Crippen LogP contribution is 2.37. The average Bonchev–Trinajstić information content (AvgIpc) is 3.34. The summed E-state index contributed by atoms with van der Waals surface area (Å²) in [6, 6.07) is 20.9. The predicted octanol–water partition coefficient (Wildman–Crippen LogP) is 3.39. The number of hydrogen-bond donors (Lipinski definition) is 1. The highest BCUT2D eigenvalue weighted by molar-refractivity contribution is 5.85. The molecule has 0 amide bonds. The van der Waals surface area contributed by atoms with Crippen molar-refractivity contribution in [2.24, 2.45) is 7.05 Å². The first-order valence-electron chi connectivity index (χ1n) is 8.81. The average molecular weight is 355 g/mol. The number of nitrogens with one attached hydrogen (secondary N) is 2. The largest absolute Gasteiger partial charge is 0.346 e. The molecule has 0 aliphatic heterocycles. The van der Waals surface area contributed by atoms with Gasteiger partial charge in [0.05, 0.1) is 5.56 Å². The Bertz CT molecular complexity index is 1100. The second-order valence-electron chi connectivity index (χ2n) is 6.30. The predicted molar refractivity (Wildman–Crippen MR) is 102 cm³/mol. The maximum atomic E-state index is 9.84. The Labute approximate surface area is 157 Å². The monoisotopic (exact) mass is 355 g/mol. The van der Waals surface area contributed by atoms with Crippen molar-refractivity contribution in [3.05, 3.63) is 65.9 Å². The van der Waals surface area contributed by atoms with Crippen LogP contribution in [0.15, 0.2) is 54.6 Å². The fraction of sp³-hybridized carbons (Fsp3) is 0.143. The summed E-state index contributed by atoms with van der Waals surface area (Å²) < 4.78 is 2.02. The summed E-state index contributed by atoms with van der Waals surface area (Å²) >= 11 is 0. The molecule has 2 heterocycles. The molecule has 6 heteroatoms. The van der Waals surface area contributed by atoms with E-state index in [0.717, 1.165) is 40.1 Å². The van der Waals surface area contributed by atoms with Gasteiger partial charge < -0.3 is 4.57 Å². The van der Waals surface area contributed by atoms with Crippen LogP contribution in [0.3, 0.4) is 0 Å². The SMILES string of the molecule is CCc1c(C#N)c(-c2ccc(-c3ccccc3)cc2)c(-c2nn[nH][nH+]2)n1C.